The number of aliphatic hydroxyl groups is 3. The van der Waals surface area contributed by atoms with Crippen LogP contribution in [0.1, 0.15) is 24.8 Å². The van der Waals surface area contributed by atoms with Crippen LogP contribution < -0.4 is 0 Å². The Balaban J connectivity index is 2.30. The molecule has 2 rings (SSSR count). The molecule has 0 spiro atoms. The molecule has 0 radical (unpaired) electrons. The van der Waals surface area contributed by atoms with Gasteiger partial charge in [0.25, 0.3) is 0 Å². The number of phenolic OH excluding ortho intramolecular Hbond substituents is 1. The molecule has 0 amide bonds. The fourth-order valence-corrected chi connectivity index (χ4v) is 3.28. The minimum atomic E-state index is -4.82. The minimum absolute atomic E-state index is 0.0734. The molecule has 1 aromatic rings. The van der Waals surface area contributed by atoms with E-state index in [9.17, 15) is 25.0 Å². The number of hydrogen-bond acceptors (Lipinski definition) is 5. The van der Waals surface area contributed by atoms with Crippen molar-refractivity contribution in [1.82, 2.24) is 0 Å². The zero-order chi connectivity index (χ0) is 18.8. The molecule has 2 unspecified atom stereocenters. The van der Waals surface area contributed by atoms with Crippen LogP contribution in [0.3, 0.4) is 0 Å². The number of aliphatic hydroxyl groups excluding tert-OH is 1. The first-order valence-electron chi connectivity index (χ1n) is 7.46. The Morgan fingerprint density at radius 1 is 1.20 bits per heavy atom. The maximum atomic E-state index is 11.1. The lowest BCUT2D eigenvalue weighted by Crippen LogP contribution is -2.44. The van der Waals surface area contributed by atoms with Crippen LogP contribution in [0.2, 0.25) is 0 Å². The Morgan fingerprint density at radius 2 is 1.80 bits per heavy atom. The van der Waals surface area contributed by atoms with Crippen molar-refractivity contribution in [3.05, 3.63) is 53.8 Å². The van der Waals surface area contributed by atoms with Gasteiger partial charge in [0.15, 0.2) is 5.79 Å². The lowest BCUT2D eigenvalue weighted by molar-refractivity contribution is -0.188. The molecule has 1 aliphatic rings. The summed E-state index contributed by atoms with van der Waals surface area (Å²) in [6.07, 6.45) is 3.47. The summed E-state index contributed by atoms with van der Waals surface area (Å²) in [6.45, 7) is 1.72. The summed E-state index contributed by atoms with van der Waals surface area (Å²) in [5.41, 5.74) is 0.393. The monoisotopic (exact) mass is 369 g/mol. The van der Waals surface area contributed by atoms with E-state index < -0.39 is 25.2 Å². The molecule has 9 heteroatoms. The average molecular weight is 369 g/mol. The van der Waals surface area contributed by atoms with Gasteiger partial charge in [-0.05, 0) is 35.8 Å². The molecule has 1 aromatic carbocycles. The van der Waals surface area contributed by atoms with Crippen molar-refractivity contribution in [1.29, 1.82) is 0 Å². The third-order valence-electron chi connectivity index (χ3n) is 3.90. The van der Waals surface area contributed by atoms with E-state index in [0.717, 1.165) is 0 Å². The first-order chi connectivity index (χ1) is 11.5. The van der Waals surface area contributed by atoms with E-state index in [2.05, 4.69) is 4.76 Å². The third kappa shape index (κ3) is 5.01. The first kappa shape index (κ1) is 19.4. The first-order valence-corrected chi connectivity index (χ1v) is 9.02. The molecule has 0 saturated carbocycles. The normalized spacial score (nSPS) is 21.2. The van der Waals surface area contributed by atoms with E-state index >= 15 is 0 Å². The van der Waals surface area contributed by atoms with Crippen LogP contribution in [0.5, 0.6) is 5.75 Å². The molecule has 25 heavy (non-hydrogen) atoms. The molecule has 0 heterocycles. The van der Waals surface area contributed by atoms with Crippen LogP contribution in [0.25, 0.3) is 0 Å². The molecule has 6 N–H and O–H groups in total. The van der Waals surface area contributed by atoms with E-state index in [-0.39, 0.29) is 23.8 Å². The standard InChI is InChI=1S/C16H20NO7P/c1-10(11-5-7-12(18)8-6-11)9-16(20,21)15-13(17-25(22,23)24)3-2-4-14(15)19/h2-8,10,15,18-21H,9H2,1H3,(H2,22,23,24). The summed E-state index contributed by atoms with van der Waals surface area (Å²) in [6, 6.07) is 6.17. The summed E-state index contributed by atoms with van der Waals surface area (Å²) >= 11 is 0. The van der Waals surface area contributed by atoms with Gasteiger partial charge in [-0.15, -0.1) is 0 Å². The van der Waals surface area contributed by atoms with Crippen LogP contribution in [-0.4, -0.2) is 41.7 Å². The number of benzene rings is 1. The average Bonchev–Trinajstić information content (AvgIpc) is 2.45. The number of allylic oxidation sites excluding steroid dienone is 3. The maximum Gasteiger partial charge on any atom is 0.448 e. The van der Waals surface area contributed by atoms with Crippen molar-refractivity contribution in [3.8, 4) is 5.75 Å². The SMILES string of the molecule is CC(CC(O)(O)C1C(O)=CC=CC1=NP(=O)(O)O)c1ccc(O)cc1. The Morgan fingerprint density at radius 3 is 2.36 bits per heavy atom. The van der Waals surface area contributed by atoms with Gasteiger partial charge in [-0.3, -0.25) is 0 Å². The predicted molar refractivity (Wildman–Crippen MR) is 91.1 cm³/mol. The molecule has 2 atom stereocenters. The smallest absolute Gasteiger partial charge is 0.448 e. The van der Waals surface area contributed by atoms with E-state index in [1.165, 1.54) is 30.4 Å². The lowest BCUT2D eigenvalue weighted by Gasteiger charge is -2.34. The molecule has 136 valence electrons. The Labute approximate surface area is 144 Å². The second-order valence-electron chi connectivity index (χ2n) is 6.00. The van der Waals surface area contributed by atoms with Gasteiger partial charge in [0.2, 0.25) is 0 Å². The van der Waals surface area contributed by atoms with E-state index in [4.69, 9.17) is 9.79 Å². The molecule has 0 aliphatic heterocycles. The molecule has 1 aliphatic carbocycles. The number of nitrogens with zero attached hydrogens (tertiary/aromatic N) is 1. The highest BCUT2D eigenvalue weighted by atomic mass is 31.2. The van der Waals surface area contributed by atoms with Crippen LogP contribution in [0.4, 0.5) is 0 Å². The van der Waals surface area contributed by atoms with Gasteiger partial charge in [0.05, 0.1) is 5.71 Å². The molecule has 0 bridgehead atoms. The van der Waals surface area contributed by atoms with Crippen LogP contribution in [-0.2, 0) is 4.57 Å². The number of hydrogen-bond donors (Lipinski definition) is 6. The highest BCUT2D eigenvalue weighted by molar-refractivity contribution is 7.50. The molecule has 0 aromatic heterocycles. The van der Waals surface area contributed by atoms with Crippen molar-refractivity contribution < 1.29 is 34.8 Å². The van der Waals surface area contributed by atoms with Crippen molar-refractivity contribution in [2.45, 2.75) is 25.0 Å². The Hall–Kier alpha value is -1.96. The minimum Gasteiger partial charge on any atom is -0.511 e. The zero-order valence-electron chi connectivity index (χ0n) is 13.4. The molecule has 0 saturated heterocycles. The topological polar surface area (TPSA) is 151 Å². The van der Waals surface area contributed by atoms with E-state index in [0.29, 0.717) is 5.56 Å². The van der Waals surface area contributed by atoms with Crippen molar-refractivity contribution in [3.63, 3.8) is 0 Å². The second kappa shape index (κ2) is 7.11. The van der Waals surface area contributed by atoms with Gasteiger partial charge in [-0.2, -0.15) is 4.76 Å². The molecule has 0 fully saturated rings. The summed E-state index contributed by atoms with van der Waals surface area (Å²) in [5.74, 6) is -4.77. The van der Waals surface area contributed by atoms with Gasteiger partial charge >= 0.3 is 7.75 Å². The van der Waals surface area contributed by atoms with Gasteiger partial charge < -0.3 is 30.2 Å². The third-order valence-corrected chi connectivity index (χ3v) is 4.39. The summed E-state index contributed by atoms with van der Waals surface area (Å²) in [4.78, 5) is 18.1. The van der Waals surface area contributed by atoms with Crippen LogP contribution in [0, 0.1) is 5.92 Å². The van der Waals surface area contributed by atoms with Crippen LogP contribution in [0.15, 0.2) is 53.0 Å². The van der Waals surface area contributed by atoms with Gasteiger partial charge in [0.1, 0.15) is 17.4 Å². The summed E-state index contributed by atoms with van der Waals surface area (Å²) in [5, 5.41) is 40.3. The zero-order valence-corrected chi connectivity index (χ0v) is 14.3. The van der Waals surface area contributed by atoms with E-state index in [1.807, 2.05) is 0 Å². The number of rotatable bonds is 5. The van der Waals surface area contributed by atoms with Crippen molar-refractivity contribution in [2.24, 2.45) is 10.7 Å². The predicted octanol–water partition coefficient (Wildman–Crippen LogP) is 1.73. The fourth-order valence-electron chi connectivity index (χ4n) is 2.79. The van der Waals surface area contributed by atoms with E-state index in [1.54, 1.807) is 19.1 Å². The van der Waals surface area contributed by atoms with Gasteiger partial charge in [-0.25, -0.2) is 4.57 Å². The summed E-state index contributed by atoms with van der Waals surface area (Å²) in [7, 11) is -4.82. The second-order valence-corrected chi connectivity index (χ2v) is 7.22. The van der Waals surface area contributed by atoms with Crippen molar-refractivity contribution in [2.75, 3.05) is 0 Å². The van der Waals surface area contributed by atoms with Gasteiger partial charge in [0, 0.05) is 6.42 Å². The maximum absolute atomic E-state index is 11.1. The fraction of sp³-hybridized carbons (Fsp3) is 0.312. The number of phenols is 1. The van der Waals surface area contributed by atoms with Crippen LogP contribution >= 0.6 is 7.75 Å². The summed E-state index contributed by atoms with van der Waals surface area (Å²) < 4.78 is 14.3. The Bertz CT molecular complexity index is 761. The van der Waals surface area contributed by atoms with Crippen molar-refractivity contribution >= 4 is 13.5 Å². The Kier molecular flexibility index (Phi) is 5.51. The highest BCUT2D eigenvalue weighted by Crippen LogP contribution is 2.41. The largest absolute Gasteiger partial charge is 0.511 e. The van der Waals surface area contributed by atoms with Gasteiger partial charge in [-0.1, -0.05) is 25.1 Å². The lowest BCUT2D eigenvalue weighted by atomic mass is 9.81. The molecule has 8 nitrogen and oxygen atoms in total. The molecular weight excluding hydrogens is 349 g/mol. The quantitative estimate of drug-likeness (QED) is 0.342. The number of aromatic hydroxyl groups is 1. The molecular formula is C16H20NO7P. The highest BCUT2D eigenvalue weighted by Gasteiger charge is 2.43.